The molecule has 3 rings (SSSR count). The molecule has 0 saturated carbocycles. The highest BCUT2D eigenvalue weighted by atomic mass is 19.4. The maximum atomic E-state index is 12.8. The van der Waals surface area contributed by atoms with Gasteiger partial charge in [-0.3, -0.25) is 14.4 Å². The van der Waals surface area contributed by atoms with Gasteiger partial charge in [-0.15, -0.1) is 0 Å². The second kappa shape index (κ2) is 12.2. The number of carbonyl (C=O) groups excluding carboxylic acids is 3. The molecular weight excluding hydrogens is 497 g/mol. The molecule has 3 amide bonds. The topological polar surface area (TPSA) is 131 Å². The van der Waals surface area contributed by atoms with E-state index >= 15 is 0 Å². The number of methoxy groups -OCH3 is 1. The van der Waals surface area contributed by atoms with Gasteiger partial charge in [-0.25, -0.2) is 5.43 Å². The van der Waals surface area contributed by atoms with E-state index in [1.165, 1.54) is 49.9 Å². The van der Waals surface area contributed by atoms with Crippen molar-refractivity contribution in [1.82, 2.24) is 10.7 Å². The van der Waals surface area contributed by atoms with Crippen molar-refractivity contribution < 1.29 is 41.4 Å². The van der Waals surface area contributed by atoms with Gasteiger partial charge in [0, 0.05) is 5.69 Å². The molecule has 1 heterocycles. The Balaban J connectivity index is 1.51. The lowest BCUT2D eigenvalue weighted by Gasteiger charge is -2.12. The van der Waals surface area contributed by atoms with Crippen molar-refractivity contribution in [2.75, 3.05) is 19.0 Å². The Morgan fingerprint density at radius 1 is 1.03 bits per heavy atom. The lowest BCUT2D eigenvalue weighted by Crippen LogP contribution is -2.37. The van der Waals surface area contributed by atoms with E-state index in [9.17, 15) is 27.6 Å². The molecular formula is C24H21F3N4O6. The van der Waals surface area contributed by atoms with Gasteiger partial charge < -0.3 is 24.5 Å². The van der Waals surface area contributed by atoms with Crippen LogP contribution >= 0.6 is 0 Å². The maximum absolute atomic E-state index is 12.8. The third kappa shape index (κ3) is 8.13. The van der Waals surface area contributed by atoms with Gasteiger partial charge in [0.05, 0.1) is 31.7 Å². The summed E-state index contributed by atoms with van der Waals surface area (Å²) in [6.07, 6.45) is -1.85. The molecule has 0 atom stereocenters. The number of alkyl halides is 3. The van der Waals surface area contributed by atoms with E-state index in [1.54, 1.807) is 12.1 Å². The Labute approximate surface area is 208 Å². The van der Waals surface area contributed by atoms with Gasteiger partial charge in [0.25, 0.3) is 5.91 Å². The normalized spacial score (nSPS) is 11.1. The highest BCUT2D eigenvalue weighted by Gasteiger charge is 2.30. The molecule has 0 bridgehead atoms. The van der Waals surface area contributed by atoms with Crippen molar-refractivity contribution >= 4 is 29.6 Å². The van der Waals surface area contributed by atoms with Gasteiger partial charge >= 0.3 is 18.0 Å². The highest BCUT2D eigenvalue weighted by Crippen LogP contribution is 2.31. The molecule has 13 heteroatoms. The molecule has 1 aromatic heterocycles. The van der Waals surface area contributed by atoms with Crippen molar-refractivity contribution in [1.29, 1.82) is 0 Å². The van der Waals surface area contributed by atoms with Gasteiger partial charge in [-0.05, 0) is 54.1 Å². The number of anilines is 1. The monoisotopic (exact) mass is 518 g/mol. The van der Waals surface area contributed by atoms with E-state index in [2.05, 4.69) is 21.2 Å². The number of ether oxygens (including phenoxy) is 2. The smallest absolute Gasteiger partial charge is 0.416 e. The number of hydrogen-bond donors (Lipinski definition) is 3. The first-order chi connectivity index (χ1) is 17.7. The summed E-state index contributed by atoms with van der Waals surface area (Å²) in [5, 5.41) is 8.41. The molecule has 10 nitrogen and oxygen atoms in total. The molecule has 2 aromatic carbocycles. The minimum atomic E-state index is -4.54. The second-order valence-corrected chi connectivity index (χ2v) is 7.29. The quantitative estimate of drug-likeness (QED) is 0.227. The Kier molecular flexibility index (Phi) is 8.86. The Hall–Kier alpha value is -4.81. The van der Waals surface area contributed by atoms with Crippen LogP contribution in [0.5, 0.6) is 11.5 Å². The molecule has 194 valence electrons. The van der Waals surface area contributed by atoms with Crippen molar-refractivity contribution in [3.05, 3.63) is 77.7 Å². The zero-order valence-electron chi connectivity index (χ0n) is 19.3. The maximum Gasteiger partial charge on any atom is 0.416 e. The first kappa shape index (κ1) is 26.8. The third-order valence-electron chi connectivity index (χ3n) is 4.61. The number of amides is 3. The summed E-state index contributed by atoms with van der Waals surface area (Å²) in [4.78, 5) is 35.7. The van der Waals surface area contributed by atoms with Crippen LogP contribution in [0.3, 0.4) is 0 Å². The van der Waals surface area contributed by atoms with Crippen LogP contribution in [0.2, 0.25) is 0 Å². The zero-order chi connectivity index (χ0) is 26.8. The Morgan fingerprint density at radius 3 is 2.54 bits per heavy atom. The van der Waals surface area contributed by atoms with E-state index < -0.39 is 36.1 Å². The summed E-state index contributed by atoms with van der Waals surface area (Å²) in [6, 6.07) is 12.0. The fourth-order valence-electron chi connectivity index (χ4n) is 2.87. The summed E-state index contributed by atoms with van der Waals surface area (Å²) in [5.41, 5.74) is 1.63. The van der Waals surface area contributed by atoms with E-state index in [4.69, 9.17) is 13.9 Å². The molecule has 0 saturated heterocycles. The fourth-order valence-corrected chi connectivity index (χ4v) is 2.87. The summed E-state index contributed by atoms with van der Waals surface area (Å²) in [7, 11) is 1.36. The SMILES string of the molecule is COc1cc(/C=N\NC(=O)C(=O)NCc2ccco2)ccc1OCC(=O)Nc1cccc(C(F)(F)F)c1. The molecule has 0 fully saturated rings. The van der Waals surface area contributed by atoms with Crippen molar-refractivity contribution in [3.63, 3.8) is 0 Å². The molecule has 3 N–H and O–H groups in total. The van der Waals surface area contributed by atoms with Crippen LogP contribution in [-0.2, 0) is 27.1 Å². The number of furan rings is 1. The molecule has 0 spiro atoms. The van der Waals surface area contributed by atoms with Crippen LogP contribution in [0.25, 0.3) is 0 Å². The number of carbonyl (C=O) groups is 3. The Morgan fingerprint density at radius 2 is 1.84 bits per heavy atom. The van der Waals surface area contributed by atoms with Crippen LogP contribution in [0.4, 0.5) is 18.9 Å². The summed E-state index contributed by atoms with van der Waals surface area (Å²) < 4.78 is 54.1. The number of rotatable bonds is 9. The fraction of sp³-hybridized carbons (Fsp3) is 0.167. The summed E-state index contributed by atoms with van der Waals surface area (Å²) in [6.45, 7) is -0.456. The molecule has 0 aliphatic heterocycles. The predicted molar refractivity (Wildman–Crippen MR) is 125 cm³/mol. The average molecular weight is 518 g/mol. The molecule has 0 aliphatic rings. The van der Waals surface area contributed by atoms with Crippen molar-refractivity contribution in [3.8, 4) is 11.5 Å². The summed E-state index contributed by atoms with van der Waals surface area (Å²) in [5.74, 6) is -1.69. The molecule has 0 radical (unpaired) electrons. The largest absolute Gasteiger partial charge is 0.493 e. The predicted octanol–water partition coefficient (Wildman–Crippen LogP) is 3.09. The lowest BCUT2D eigenvalue weighted by atomic mass is 10.2. The second-order valence-electron chi connectivity index (χ2n) is 7.29. The minimum Gasteiger partial charge on any atom is -0.493 e. The average Bonchev–Trinajstić information content (AvgIpc) is 3.39. The summed E-state index contributed by atoms with van der Waals surface area (Å²) >= 11 is 0. The van der Waals surface area contributed by atoms with Crippen LogP contribution < -0.4 is 25.5 Å². The van der Waals surface area contributed by atoms with Gasteiger partial charge in [-0.2, -0.15) is 18.3 Å². The minimum absolute atomic E-state index is 0.0290. The number of hydrogen-bond acceptors (Lipinski definition) is 7. The number of hydrazone groups is 1. The first-order valence-corrected chi connectivity index (χ1v) is 10.6. The van der Waals surface area contributed by atoms with Gasteiger partial charge in [-0.1, -0.05) is 6.07 Å². The van der Waals surface area contributed by atoms with Crippen molar-refractivity contribution in [2.45, 2.75) is 12.7 Å². The van der Waals surface area contributed by atoms with Gasteiger partial charge in [0.2, 0.25) is 0 Å². The molecule has 0 aliphatic carbocycles. The van der Waals surface area contributed by atoms with E-state index in [-0.39, 0.29) is 23.7 Å². The zero-order valence-corrected chi connectivity index (χ0v) is 19.3. The van der Waals surface area contributed by atoms with E-state index in [0.29, 0.717) is 11.3 Å². The highest BCUT2D eigenvalue weighted by molar-refractivity contribution is 6.35. The lowest BCUT2D eigenvalue weighted by molar-refractivity contribution is -0.139. The number of nitrogens with one attached hydrogen (secondary N) is 3. The number of benzene rings is 2. The van der Waals surface area contributed by atoms with Crippen LogP contribution in [0.1, 0.15) is 16.9 Å². The molecule has 3 aromatic rings. The van der Waals surface area contributed by atoms with E-state index in [1.807, 2.05) is 0 Å². The van der Waals surface area contributed by atoms with Crippen LogP contribution in [0, 0.1) is 0 Å². The standard InChI is InChI=1S/C24H21F3N4O6/c1-35-20-10-15(12-29-31-23(34)22(33)28-13-18-6-3-9-36-18)7-8-19(20)37-14-21(32)30-17-5-2-4-16(11-17)24(25,26)27/h2-12H,13-14H2,1H3,(H,28,33)(H,30,32)(H,31,34)/b29-12-. The molecule has 37 heavy (non-hydrogen) atoms. The van der Waals surface area contributed by atoms with Crippen molar-refractivity contribution in [2.24, 2.45) is 5.10 Å². The van der Waals surface area contributed by atoms with Gasteiger partial charge in [0.1, 0.15) is 5.76 Å². The Bertz CT molecular complexity index is 1280. The number of halogens is 3. The van der Waals surface area contributed by atoms with Gasteiger partial charge in [0.15, 0.2) is 18.1 Å². The number of nitrogens with zero attached hydrogens (tertiary/aromatic N) is 1. The third-order valence-corrected chi connectivity index (χ3v) is 4.61. The molecule has 0 unspecified atom stereocenters. The van der Waals surface area contributed by atoms with Crippen LogP contribution in [-0.4, -0.2) is 37.7 Å². The van der Waals surface area contributed by atoms with E-state index in [0.717, 1.165) is 12.1 Å². The first-order valence-electron chi connectivity index (χ1n) is 10.6. The van der Waals surface area contributed by atoms with Crippen LogP contribution in [0.15, 0.2) is 70.4 Å².